The van der Waals surface area contributed by atoms with Gasteiger partial charge in [-0.3, -0.25) is 9.69 Å². The topological polar surface area (TPSA) is 53.6 Å². The van der Waals surface area contributed by atoms with Crippen LogP contribution in [0.15, 0.2) is 0 Å². The van der Waals surface area contributed by atoms with E-state index in [4.69, 9.17) is 4.74 Å². The molecule has 2 N–H and O–H groups in total. The minimum Gasteiger partial charge on any atom is -0.363 e. The molecule has 2 fully saturated rings. The highest BCUT2D eigenvalue weighted by Gasteiger charge is 2.33. The molecule has 0 aromatic carbocycles. The number of likely N-dealkylation sites (N-methyl/N-ethyl adjacent to an activating group) is 1. The SMILES string of the molecule is CC(CNC(=O)COC1(C)CNC1)N(C)C1CC1. The van der Waals surface area contributed by atoms with Crippen molar-refractivity contribution in [2.45, 2.75) is 44.4 Å². The maximum absolute atomic E-state index is 11.7. The molecule has 5 heteroatoms. The lowest BCUT2D eigenvalue weighted by molar-refractivity contribution is -0.136. The van der Waals surface area contributed by atoms with Crippen molar-refractivity contribution in [3.8, 4) is 0 Å². The highest BCUT2D eigenvalue weighted by atomic mass is 16.5. The molecule has 2 aliphatic rings. The molecule has 1 aliphatic heterocycles. The molecule has 1 heterocycles. The average molecular weight is 255 g/mol. The number of carbonyl (C=O) groups excluding carboxylic acids is 1. The van der Waals surface area contributed by atoms with Gasteiger partial charge in [-0.25, -0.2) is 0 Å². The van der Waals surface area contributed by atoms with Gasteiger partial charge in [0.2, 0.25) is 5.91 Å². The summed E-state index contributed by atoms with van der Waals surface area (Å²) in [6.07, 6.45) is 2.59. The summed E-state index contributed by atoms with van der Waals surface area (Å²) in [7, 11) is 2.13. The van der Waals surface area contributed by atoms with Crippen LogP contribution in [0.4, 0.5) is 0 Å². The first kappa shape index (κ1) is 13.8. The van der Waals surface area contributed by atoms with E-state index in [1.807, 2.05) is 6.92 Å². The van der Waals surface area contributed by atoms with Crippen LogP contribution in [0.2, 0.25) is 0 Å². The molecule has 18 heavy (non-hydrogen) atoms. The van der Waals surface area contributed by atoms with E-state index < -0.39 is 0 Å². The van der Waals surface area contributed by atoms with Crippen LogP contribution in [0.5, 0.6) is 0 Å². The Morgan fingerprint density at radius 1 is 1.56 bits per heavy atom. The standard InChI is InChI=1S/C13H25N3O2/c1-10(16(3)11-4-5-11)6-15-12(17)7-18-13(2)8-14-9-13/h10-11,14H,4-9H2,1-3H3,(H,15,17). The Morgan fingerprint density at radius 3 is 2.72 bits per heavy atom. The van der Waals surface area contributed by atoms with Crippen LogP contribution in [-0.4, -0.2) is 61.8 Å². The van der Waals surface area contributed by atoms with E-state index in [9.17, 15) is 4.79 Å². The summed E-state index contributed by atoms with van der Waals surface area (Å²) in [6.45, 7) is 6.71. The first-order valence-electron chi connectivity index (χ1n) is 6.83. The number of carbonyl (C=O) groups is 1. The molecular formula is C13H25N3O2. The Labute approximate surface area is 109 Å². The van der Waals surface area contributed by atoms with Gasteiger partial charge in [0.1, 0.15) is 6.61 Å². The average Bonchev–Trinajstić information content (AvgIpc) is 3.14. The van der Waals surface area contributed by atoms with Gasteiger partial charge in [-0.15, -0.1) is 0 Å². The third-order valence-corrected chi connectivity index (χ3v) is 3.96. The zero-order chi connectivity index (χ0) is 13.2. The number of nitrogens with zero attached hydrogens (tertiary/aromatic N) is 1. The lowest BCUT2D eigenvalue weighted by Gasteiger charge is -2.38. The zero-order valence-electron chi connectivity index (χ0n) is 11.7. The minimum absolute atomic E-state index is 0.0147. The lowest BCUT2D eigenvalue weighted by Crippen LogP contribution is -2.59. The fraction of sp³-hybridized carbons (Fsp3) is 0.923. The van der Waals surface area contributed by atoms with Crippen LogP contribution in [0.3, 0.4) is 0 Å². The van der Waals surface area contributed by atoms with Crippen LogP contribution < -0.4 is 10.6 Å². The molecule has 0 spiro atoms. The predicted octanol–water partition coefficient (Wildman–Crippen LogP) is -0.0362. The second-order valence-electron chi connectivity index (χ2n) is 5.89. The summed E-state index contributed by atoms with van der Waals surface area (Å²) >= 11 is 0. The Hall–Kier alpha value is -0.650. The highest BCUT2D eigenvalue weighted by Crippen LogP contribution is 2.26. The van der Waals surface area contributed by atoms with Gasteiger partial charge in [0, 0.05) is 31.7 Å². The number of nitrogens with one attached hydrogen (secondary N) is 2. The predicted molar refractivity (Wildman–Crippen MR) is 70.5 cm³/mol. The molecule has 5 nitrogen and oxygen atoms in total. The summed E-state index contributed by atoms with van der Waals surface area (Å²) in [4.78, 5) is 14.0. The van der Waals surface area contributed by atoms with Crippen LogP contribution in [-0.2, 0) is 9.53 Å². The van der Waals surface area contributed by atoms with Crippen molar-refractivity contribution in [1.29, 1.82) is 0 Å². The monoisotopic (exact) mass is 255 g/mol. The van der Waals surface area contributed by atoms with E-state index in [0.717, 1.165) is 19.1 Å². The van der Waals surface area contributed by atoms with Crippen molar-refractivity contribution in [2.24, 2.45) is 0 Å². The Morgan fingerprint density at radius 2 is 2.22 bits per heavy atom. The minimum atomic E-state index is -0.145. The molecular weight excluding hydrogens is 230 g/mol. The first-order valence-corrected chi connectivity index (χ1v) is 6.83. The quantitative estimate of drug-likeness (QED) is 0.670. The van der Waals surface area contributed by atoms with Crippen molar-refractivity contribution < 1.29 is 9.53 Å². The van der Waals surface area contributed by atoms with Gasteiger partial charge < -0.3 is 15.4 Å². The van der Waals surface area contributed by atoms with Crippen molar-refractivity contribution in [2.75, 3.05) is 33.3 Å². The van der Waals surface area contributed by atoms with Gasteiger partial charge >= 0.3 is 0 Å². The van der Waals surface area contributed by atoms with Crippen LogP contribution in [0.1, 0.15) is 26.7 Å². The van der Waals surface area contributed by atoms with Gasteiger partial charge in [0.15, 0.2) is 0 Å². The smallest absolute Gasteiger partial charge is 0.246 e. The molecule has 1 atom stereocenters. The van der Waals surface area contributed by atoms with Gasteiger partial charge in [-0.05, 0) is 33.7 Å². The fourth-order valence-electron chi connectivity index (χ4n) is 2.12. The Kier molecular flexibility index (Phi) is 4.25. The molecule has 1 saturated carbocycles. The normalized spacial score (nSPS) is 23.6. The van der Waals surface area contributed by atoms with Crippen molar-refractivity contribution in [1.82, 2.24) is 15.5 Å². The van der Waals surface area contributed by atoms with Crippen LogP contribution >= 0.6 is 0 Å². The molecule has 0 bridgehead atoms. The Balaban J connectivity index is 1.58. The van der Waals surface area contributed by atoms with Crippen molar-refractivity contribution in [3.05, 3.63) is 0 Å². The summed E-state index contributed by atoms with van der Waals surface area (Å²) in [6, 6.07) is 1.12. The van der Waals surface area contributed by atoms with E-state index >= 15 is 0 Å². The number of rotatable bonds is 7. The maximum Gasteiger partial charge on any atom is 0.246 e. The molecule has 2 rings (SSSR count). The number of hydrogen-bond donors (Lipinski definition) is 2. The van der Waals surface area contributed by atoms with Crippen LogP contribution in [0, 0.1) is 0 Å². The van der Waals surface area contributed by atoms with E-state index in [0.29, 0.717) is 12.6 Å². The number of hydrogen-bond acceptors (Lipinski definition) is 4. The molecule has 104 valence electrons. The largest absolute Gasteiger partial charge is 0.363 e. The molecule has 1 amide bonds. The van der Waals surface area contributed by atoms with Crippen molar-refractivity contribution in [3.63, 3.8) is 0 Å². The number of amides is 1. The first-order chi connectivity index (χ1) is 8.50. The van der Waals surface area contributed by atoms with Crippen LogP contribution in [0.25, 0.3) is 0 Å². The van der Waals surface area contributed by atoms with E-state index in [-0.39, 0.29) is 18.1 Å². The summed E-state index contributed by atoms with van der Waals surface area (Å²) in [5.41, 5.74) is -0.145. The number of ether oxygens (including phenoxy) is 1. The molecule has 1 saturated heterocycles. The van der Waals surface area contributed by atoms with Crippen molar-refractivity contribution >= 4 is 5.91 Å². The molecule has 0 aromatic rings. The molecule has 1 aliphatic carbocycles. The van der Waals surface area contributed by atoms with E-state index in [1.165, 1.54) is 12.8 Å². The third kappa shape index (κ3) is 3.67. The third-order valence-electron chi connectivity index (χ3n) is 3.96. The second kappa shape index (κ2) is 5.55. The van der Waals surface area contributed by atoms with E-state index in [1.54, 1.807) is 0 Å². The highest BCUT2D eigenvalue weighted by molar-refractivity contribution is 5.77. The summed E-state index contributed by atoms with van der Waals surface area (Å²) in [5.74, 6) is -0.0147. The summed E-state index contributed by atoms with van der Waals surface area (Å²) < 4.78 is 5.59. The summed E-state index contributed by atoms with van der Waals surface area (Å²) in [5, 5.41) is 6.09. The fourth-order valence-corrected chi connectivity index (χ4v) is 2.12. The molecule has 0 aromatic heterocycles. The zero-order valence-corrected chi connectivity index (χ0v) is 11.7. The molecule has 0 radical (unpaired) electrons. The molecule has 1 unspecified atom stereocenters. The van der Waals surface area contributed by atoms with E-state index in [2.05, 4.69) is 29.5 Å². The maximum atomic E-state index is 11.7. The van der Waals surface area contributed by atoms with Gasteiger partial charge in [-0.1, -0.05) is 0 Å². The van der Waals surface area contributed by atoms with Gasteiger partial charge in [-0.2, -0.15) is 0 Å². The Bertz CT molecular complexity index is 301. The van der Waals surface area contributed by atoms with Gasteiger partial charge in [0.05, 0.1) is 5.60 Å². The second-order valence-corrected chi connectivity index (χ2v) is 5.89. The van der Waals surface area contributed by atoms with Gasteiger partial charge in [0.25, 0.3) is 0 Å². The lowest BCUT2D eigenvalue weighted by atomic mass is 10.0.